The van der Waals surface area contributed by atoms with Crippen molar-refractivity contribution in [2.45, 2.75) is 6.17 Å². The quantitative estimate of drug-likeness (QED) is 0.506. The molecule has 3 aromatic heterocycles. The molecule has 0 N–H and O–H groups in total. The average Bonchev–Trinajstić information content (AvgIpc) is 2.86. The Bertz CT molecular complexity index is 1220. The second-order valence-electron chi connectivity index (χ2n) is 7.19. The molecule has 6 heteroatoms. The first-order chi connectivity index (χ1) is 15.3. The van der Waals surface area contributed by atoms with Crippen molar-refractivity contribution >= 4 is 11.7 Å². The predicted octanol–water partition coefficient (Wildman–Crippen LogP) is 4.38. The van der Waals surface area contributed by atoms with E-state index in [1.807, 2.05) is 74.0 Å². The summed E-state index contributed by atoms with van der Waals surface area (Å²) in [7, 11) is 1.99. The number of nitrogens with zero attached hydrogens (tertiary/aromatic N) is 6. The maximum absolute atomic E-state index is 4.96. The SMILES string of the molecule is CN1C(c2cccnc2)=NC(c2ccc(-c3ccccn3)cc2)=NC1c1cccnc1. The van der Waals surface area contributed by atoms with Gasteiger partial charge in [-0.05, 0) is 30.3 Å². The van der Waals surface area contributed by atoms with Crippen LogP contribution < -0.4 is 0 Å². The second kappa shape index (κ2) is 8.28. The van der Waals surface area contributed by atoms with E-state index >= 15 is 0 Å². The molecule has 0 saturated carbocycles. The summed E-state index contributed by atoms with van der Waals surface area (Å²) in [5, 5.41) is 0. The van der Waals surface area contributed by atoms with Gasteiger partial charge >= 0.3 is 0 Å². The Labute approximate surface area is 180 Å². The molecule has 5 rings (SSSR count). The van der Waals surface area contributed by atoms with Crippen molar-refractivity contribution in [3.63, 3.8) is 0 Å². The zero-order chi connectivity index (χ0) is 21.0. The van der Waals surface area contributed by atoms with Gasteiger partial charge in [-0.3, -0.25) is 15.0 Å². The molecule has 1 aliphatic heterocycles. The summed E-state index contributed by atoms with van der Waals surface area (Å²) >= 11 is 0. The first-order valence-electron chi connectivity index (χ1n) is 10.0. The molecule has 0 aliphatic carbocycles. The molecule has 0 spiro atoms. The van der Waals surface area contributed by atoms with Crippen LogP contribution in [-0.4, -0.2) is 38.6 Å². The van der Waals surface area contributed by atoms with Gasteiger partial charge in [0.1, 0.15) is 5.84 Å². The molecular weight excluding hydrogens is 384 g/mol. The number of benzene rings is 1. The van der Waals surface area contributed by atoms with Gasteiger partial charge in [0.05, 0.1) is 5.69 Å². The van der Waals surface area contributed by atoms with Gasteiger partial charge in [-0.2, -0.15) is 0 Å². The fourth-order valence-electron chi connectivity index (χ4n) is 3.58. The topological polar surface area (TPSA) is 66.6 Å². The van der Waals surface area contributed by atoms with Crippen molar-refractivity contribution in [3.8, 4) is 11.3 Å². The number of hydrogen-bond acceptors (Lipinski definition) is 6. The molecule has 31 heavy (non-hydrogen) atoms. The molecule has 0 bridgehead atoms. The molecule has 1 aliphatic rings. The highest BCUT2D eigenvalue weighted by Gasteiger charge is 2.26. The van der Waals surface area contributed by atoms with Crippen molar-refractivity contribution in [2.24, 2.45) is 9.98 Å². The minimum absolute atomic E-state index is 0.230. The summed E-state index contributed by atoms with van der Waals surface area (Å²) in [6.07, 6.45) is 8.77. The maximum atomic E-state index is 4.96. The molecule has 0 amide bonds. The van der Waals surface area contributed by atoms with Gasteiger partial charge in [0, 0.05) is 60.3 Å². The number of aromatic nitrogens is 3. The molecule has 1 aromatic carbocycles. The lowest BCUT2D eigenvalue weighted by Crippen LogP contribution is -2.35. The zero-order valence-corrected chi connectivity index (χ0v) is 17.0. The Morgan fingerprint density at radius 3 is 2.16 bits per heavy atom. The van der Waals surface area contributed by atoms with E-state index in [-0.39, 0.29) is 6.17 Å². The van der Waals surface area contributed by atoms with Gasteiger partial charge in [0.2, 0.25) is 0 Å². The molecule has 0 radical (unpaired) electrons. The van der Waals surface area contributed by atoms with E-state index < -0.39 is 0 Å². The molecule has 1 unspecified atom stereocenters. The molecule has 0 saturated heterocycles. The second-order valence-corrected chi connectivity index (χ2v) is 7.19. The van der Waals surface area contributed by atoms with E-state index in [0.29, 0.717) is 5.84 Å². The minimum Gasteiger partial charge on any atom is -0.333 e. The lowest BCUT2D eigenvalue weighted by atomic mass is 10.1. The van der Waals surface area contributed by atoms with Crippen LogP contribution in [0.5, 0.6) is 0 Å². The van der Waals surface area contributed by atoms with Crippen molar-refractivity contribution in [2.75, 3.05) is 7.05 Å². The van der Waals surface area contributed by atoms with Gasteiger partial charge < -0.3 is 4.90 Å². The Morgan fingerprint density at radius 1 is 0.710 bits per heavy atom. The Kier molecular flexibility index (Phi) is 5.02. The van der Waals surface area contributed by atoms with Crippen LogP contribution in [0.4, 0.5) is 0 Å². The molecule has 0 fully saturated rings. The summed E-state index contributed by atoms with van der Waals surface area (Å²) in [6.45, 7) is 0. The van der Waals surface area contributed by atoms with E-state index in [1.54, 1.807) is 18.6 Å². The Hall–Kier alpha value is -4.19. The number of pyridine rings is 3. The van der Waals surface area contributed by atoms with E-state index in [2.05, 4.69) is 32.0 Å². The molecule has 150 valence electrons. The van der Waals surface area contributed by atoms with E-state index in [1.165, 1.54) is 0 Å². The van der Waals surface area contributed by atoms with Crippen LogP contribution in [0.25, 0.3) is 11.3 Å². The lowest BCUT2D eigenvalue weighted by Gasteiger charge is -2.32. The summed E-state index contributed by atoms with van der Waals surface area (Å²) < 4.78 is 0. The monoisotopic (exact) mass is 404 g/mol. The van der Waals surface area contributed by atoms with Crippen LogP contribution in [0.3, 0.4) is 0 Å². The van der Waals surface area contributed by atoms with Gasteiger partial charge in [0.15, 0.2) is 12.0 Å². The third-order valence-electron chi connectivity index (χ3n) is 5.16. The molecule has 1 atom stereocenters. The average molecular weight is 404 g/mol. The third kappa shape index (κ3) is 3.83. The summed E-state index contributed by atoms with van der Waals surface area (Å²) in [5.41, 5.74) is 4.88. The van der Waals surface area contributed by atoms with Crippen molar-refractivity contribution in [3.05, 3.63) is 114 Å². The van der Waals surface area contributed by atoms with E-state index in [0.717, 1.165) is 33.8 Å². The van der Waals surface area contributed by atoms with Crippen LogP contribution in [0.1, 0.15) is 22.9 Å². The first-order valence-corrected chi connectivity index (χ1v) is 10.0. The maximum Gasteiger partial charge on any atom is 0.159 e. The number of aliphatic imine (C=N–C) groups is 2. The van der Waals surface area contributed by atoms with Crippen molar-refractivity contribution < 1.29 is 0 Å². The molecule has 6 nitrogen and oxygen atoms in total. The zero-order valence-electron chi connectivity index (χ0n) is 17.0. The highest BCUT2D eigenvalue weighted by molar-refractivity contribution is 6.12. The smallest absolute Gasteiger partial charge is 0.159 e. The highest BCUT2D eigenvalue weighted by atomic mass is 15.3. The van der Waals surface area contributed by atoms with Crippen molar-refractivity contribution in [1.82, 2.24) is 19.9 Å². The third-order valence-corrected chi connectivity index (χ3v) is 5.16. The Morgan fingerprint density at radius 2 is 1.48 bits per heavy atom. The van der Waals surface area contributed by atoms with Crippen LogP contribution >= 0.6 is 0 Å². The predicted molar refractivity (Wildman–Crippen MR) is 122 cm³/mol. The van der Waals surface area contributed by atoms with Crippen LogP contribution in [0.15, 0.2) is 108 Å². The largest absolute Gasteiger partial charge is 0.333 e. The highest BCUT2D eigenvalue weighted by Crippen LogP contribution is 2.28. The summed E-state index contributed by atoms with van der Waals surface area (Å²) in [5.74, 6) is 1.50. The molecular formula is C25H20N6. The summed E-state index contributed by atoms with van der Waals surface area (Å²) in [4.78, 5) is 24.9. The summed E-state index contributed by atoms with van der Waals surface area (Å²) in [6, 6.07) is 22.0. The van der Waals surface area contributed by atoms with E-state index in [9.17, 15) is 0 Å². The fraction of sp³-hybridized carbons (Fsp3) is 0.0800. The molecule has 4 heterocycles. The minimum atomic E-state index is -0.230. The van der Waals surface area contributed by atoms with Gasteiger partial charge in [-0.15, -0.1) is 0 Å². The van der Waals surface area contributed by atoms with Crippen LogP contribution in [-0.2, 0) is 0 Å². The normalized spacial score (nSPS) is 15.9. The number of hydrogen-bond donors (Lipinski definition) is 0. The molecule has 4 aromatic rings. The lowest BCUT2D eigenvalue weighted by molar-refractivity contribution is 0.382. The van der Waals surface area contributed by atoms with Crippen LogP contribution in [0.2, 0.25) is 0 Å². The van der Waals surface area contributed by atoms with Crippen LogP contribution in [0, 0.1) is 0 Å². The van der Waals surface area contributed by atoms with Gasteiger partial charge in [-0.25, -0.2) is 9.98 Å². The standard InChI is InChI=1S/C25H20N6/c1-31-24(20-6-4-13-26-16-20)29-23(30-25(31)21-7-5-14-27-17-21)19-11-9-18(10-12-19)22-8-2-3-15-28-22/h2-17,24H,1H3. The van der Waals surface area contributed by atoms with Crippen molar-refractivity contribution in [1.29, 1.82) is 0 Å². The van der Waals surface area contributed by atoms with E-state index in [4.69, 9.17) is 9.98 Å². The Balaban J connectivity index is 1.57. The number of amidine groups is 2. The number of rotatable bonds is 4. The first kappa shape index (κ1) is 18.8. The van der Waals surface area contributed by atoms with Gasteiger partial charge in [0.25, 0.3) is 0 Å². The fourth-order valence-corrected chi connectivity index (χ4v) is 3.58. The van der Waals surface area contributed by atoms with Gasteiger partial charge in [-0.1, -0.05) is 36.4 Å².